The van der Waals surface area contributed by atoms with Crippen LogP contribution in [-0.2, 0) is 24.4 Å². The van der Waals surface area contributed by atoms with Crippen molar-refractivity contribution in [3.63, 3.8) is 0 Å². The van der Waals surface area contributed by atoms with Gasteiger partial charge in [0.2, 0.25) is 5.91 Å². The van der Waals surface area contributed by atoms with E-state index in [2.05, 4.69) is 25.7 Å². The van der Waals surface area contributed by atoms with E-state index in [0.29, 0.717) is 13.0 Å². The molecule has 3 aromatic rings. The summed E-state index contributed by atoms with van der Waals surface area (Å²) < 4.78 is 7.24. The van der Waals surface area contributed by atoms with Crippen LogP contribution in [0.3, 0.4) is 0 Å². The molecule has 0 aromatic carbocycles. The first-order valence-electron chi connectivity index (χ1n) is 8.62. The number of rotatable bonds is 6. The monoisotopic (exact) mass is 371 g/mol. The second-order valence-electron chi connectivity index (χ2n) is 6.51. The highest BCUT2D eigenvalue weighted by Gasteiger charge is 2.27. The first-order chi connectivity index (χ1) is 12.7. The molecule has 26 heavy (non-hydrogen) atoms. The standard InChI is InChI=1S/C18H21N5O2S/c1-13-21-14(12-26-13)9-22-10-15-4-5-20-23(15)16(11-22)7-18(24)19-8-17-3-2-6-25-17/h2-6,12,16H,7-11H2,1H3,(H,19,24). The topological polar surface area (TPSA) is 76.2 Å². The minimum Gasteiger partial charge on any atom is -0.467 e. The minimum atomic E-state index is -0.000738. The van der Waals surface area contributed by atoms with Crippen LogP contribution in [0, 0.1) is 6.92 Å². The number of amides is 1. The highest BCUT2D eigenvalue weighted by molar-refractivity contribution is 7.09. The maximum atomic E-state index is 12.4. The van der Waals surface area contributed by atoms with E-state index in [4.69, 9.17) is 4.42 Å². The summed E-state index contributed by atoms with van der Waals surface area (Å²) in [6.07, 6.45) is 3.80. The number of fused-ring (bicyclic) bond motifs is 1. The number of hydrogen-bond donors (Lipinski definition) is 1. The van der Waals surface area contributed by atoms with Crippen LogP contribution in [0.4, 0.5) is 0 Å². The summed E-state index contributed by atoms with van der Waals surface area (Å²) in [6, 6.07) is 5.71. The molecule has 0 fully saturated rings. The molecule has 1 aliphatic heterocycles. The van der Waals surface area contributed by atoms with Gasteiger partial charge in [0.25, 0.3) is 0 Å². The third-order valence-corrected chi connectivity index (χ3v) is 5.29. The van der Waals surface area contributed by atoms with Crippen LogP contribution in [0.2, 0.25) is 0 Å². The molecule has 1 atom stereocenters. The summed E-state index contributed by atoms with van der Waals surface area (Å²) in [7, 11) is 0. The first kappa shape index (κ1) is 17.0. The molecular weight excluding hydrogens is 350 g/mol. The van der Waals surface area contributed by atoms with Crippen molar-refractivity contribution < 1.29 is 9.21 Å². The zero-order valence-electron chi connectivity index (χ0n) is 14.6. The molecule has 7 nitrogen and oxygen atoms in total. The molecule has 136 valence electrons. The van der Waals surface area contributed by atoms with Crippen molar-refractivity contribution in [3.05, 3.63) is 58.2 Å². The molecule has 0 saturated carbocycles. The summed E-state index contributed by atoms with van der Waals surface area (Å²) in [5.74, 6) is 0.751. The van der Waals surface area contributed by atoms with E-state index in [9.17, 15) is 4.79 Å². The number of aryl methyl sites for hydroxylation is 1. The average molecular weight is 371 g/mol. The Morgan fingerprint density at radius 2 is 2.38 bits per heavy atom. The lowest BCUT2D eigenvalue weighted by atomic mass is 10.1. The van der Waals surface area contributed by atoms with Crippen molar-refractivity contribution in [3.8, 4) is 0 Å². The molecular formula is C18H21N5O2S. The molecule has 1 aliphatic rings. The quantitative estimate of drug-likeness (QED) is 0.720. The molecule has 0 saturated heterocycles. The van der Waals surface area contributed by atoms with Gasteiger partial charge in [-0.05, 0) is 25.1 Å². The van der Waals surface area contributed by atoms with Crippen LogP contribution in [0.15, 0.2) is 40.5 Å². The van der Waals surface area contributed by atoms with Gasteiger partial charge in [-0.25, -0.2) is 4.98 Å². The van der Waals surface area contributed by atoms with Crippen LogP contribution in [0.5, 0.6) is 0 Å². The summed E-state index contributed by atoms with van der Waals surface area (Å²) in [6.45, 7) is 4.82. The smallest absolute Gasteiger partial charge is 0.222 e. The van der Waals surface area contributed by atoms with Crippen LogP contribution in [-0.4, -0.2) is 32.1 Å². The Balaban J connectivity index is 1.40. The number of nitrogens with zero attached hydrogens (tertiary/aromatic N) is 4. The lowest BCUT2D eigenvalue weighted by Gasteiger charge is -2.33. The Hall–Kier alpha value is -2.45. The predicted molar refractivity (Wildman–Crippen MR) is 97.4 cm³/mol. The predicted octanol–water partition coefficient (Wildman–Crippen LogP) is 2.50. The number of aromatic nitrogens is 3. The van der Waals surface area contributed by atoms with Crippen molar-refractivity contribution in [2.45, 2.75) is 39.0 Å². The molecule has 8 heteroatoms. The van der Waals surface area contributed by atoms with E-state index < -0.39 is 0 Å². The summed E-state index contributed by atoms with van der Waals surface area (Å²) in [5.41, 5.74) is 2.22. The number of carbonyl (C=O) groups is 1. The Morgan fingerprint density at radius 3 is 3.15 bits per heavy atom. The third kappa shape index (κ3) is 3.86. The Labute approximate surface area is 155 Å². The van der Waals surface area contributed by atoms with Gasteiger partial charge in [-0.15, -0.1) is 11.3 Å². The van der Waals surface area contributed by atoms with Crippen LogP contribution < -0.4 is 5.32 Å². The summed E-state index contributed by atoms with van der Waals surface area (Å²) >= 11 is 1.67. The number of hydrogen-bond acceptors (Lipinski definition) is 6. The number of carbonyl (C=O) groups excluding carboxylic acids is 1. The second-order valence-corrected chi connectivity index (χ2v) is 7.57. The third-order valence-electron chi connectivity index (χ3n) is 4.47. The Bertz CT molecular complexity index is 870. The van der Waals surface area contributed by atoms with Gasteiger partial charge in [-0.1, -0.05) is 0 Å². The van der Waals surface area contributed by atoms with Crippen molar-refractivity contribution in [1.29, 1.82) is 0 Å². The maximum Gasteiger partial charge on any atom is 0.222 e. The minimum absolute atomic E-state index is 0.000738. The summed E-state index contributed by atoms with van der Waals surface area (Å²) in [4.78, 5) is 19.3. The van der Waals surface area contributed by atoms with Gasteiger partial charge in [0.1, 0.15) is 5.76 Å². The Kier molecular flexibility index (Phi) is 4.85. The van der Waals surface area contributed by atoms with Crippen LogP contribution in [0.1, 0.15) is 34.6 Å². The van der Waals surface area contributed by atoms with Crippen molar-refractivity contribution in [2.24, 2.45) is 0 Å². The number of thiazole rings is 1. The van der Waals surface area contributed by atoms with Crippen LogP contribution >= 0.6 is 11.3 Å². The molecule has 0 bridgehead atoms. The van der Waals surface area contributed by atoms with Crippen molar-refractivity contribution in [1.82, 2.24) is 25.0 Å². The molecule has 0 radical (unpaired) electrons. The molecule has 1 amide bonds. The molecule has 1 N–H and O–H groups in total. The maximum absolute atomic E-state index is 12.4. The summed E-state index contributed by atoms with van der Waals surface area (Å²) in [5, 5.41) is 10.5. The van der Waals surface area contributed by atoms with Gasteiger partial charge >= 0.3 is 0 Å². The van der Waals surface area contributed by atoms with E-state index in [1.165, 1.54) is 0 Å². The molecule has 0 spiro atoms. The molecule has 3 aromatic heterocycles. The normalized spacial score (nSPS) is 17.2. The van der Waals surface area contributed by atoms with Crippen molar-refractivity contribution in [2.75, 3.05) is 6.54 Å². The fraction of sp³-hybridized carbons (Fsp3) is 0.389. The van der Waals surface area contributed by atoms with Crippen LogP contribution in [0.25, 0.3) is 0 Å². The molecule has 1 unspecified atom stereocenters. The molecule has 4 rings (SSSR count). The molecule has 4 heterocycles. The largest absolute Gasteiger partial charge is 0.467 e. The fourth-order valence-corrected chi connectivity index (χ4v) is 3.93. The number of furan rings is 1. The van der Waals surface area contributed by atoms with E-state index in [-0.39, 0.29) is 11.9 Å². The van der Waals surface area contributed by atoms with Crippen molar-refractivity contribution >= 4 is 17.2 Å². The lowest BCUT2D eigenvalue weighted by molar-refractivity contribution is -0.122. The average Bonchev–Trinajstić information content (AvgIpc) is 3.35. The second kappa shape index (κ2) is 7.43. The highest BCUT2D eigenvalue weighted by atomic mass is 32.1. The van der Waals surface area contributed by atoms with Gasteiger partial charge in [0, 0.05) is 31.2 Å². The lowest BCUT2D eigenvalue weighted by Crippen LogP contribution is -2.39. The van der Waals surface area contributed by atoms with Gasteiger partial charge in [-0.2, -0.15) is 5.10 Å². The van der Waals surface area contributed by atoms with E-state index >= 15 is 0 Å². The SMILES string of the molecule is Cc1nc(CN2Cc3ccnn3C(CC(=O)NCc3ccco3)C2)cs1. The number of nitrogens with one attached hydrogen (secondary N) is 1. The van der Waals surface area contributed by atoms with E-state index in [1.54, 1.807) is 23.8 Å². The Morgan fingerprint density at radius 1 is 1.46 bits per heavy atom. The first-order valence-corrected chi connectivity index (χ1v) is 9.50. The van der Waals surface area contributed by atoms with Gasteiger partial charge in [0.05, 0.1) is 41.7 Å². The van der Waals surface area contributed by atoms with E-state index in [1.807, 2.05) is 29.8 Å². The van der Waals surface area contributed by atoms with E-state index in [0.717, 1.165) is 41.8 Å². The highest BCUT2D eigenvalue weighted by Crippen LogP contribution is 2.24. The van der Waals surface area contributed by atoms with Gasteiger partial charge in [-0.3, -0.25) is 14.4 Å². The van der Waals surface area contributed by atoms with Gasteiger partial charge < -0.3 is 9.73 Å². The zero-order chi connectivity index (χ0) is 17.9. The molecule has 0 aliphatic carbocycles. The van der Waals surface area contributed by atoms with Gasteiger partial charge in [0.15, 0.2) is 0 Å². The zero-order valence-corrected chi connectivity index (χ0v) is 15.4. The fourth-order valence-electron chi connectivity index (χ4n) is 3.33.